The highest BCUT2D eigenvalue weighted by molar-refractivity contribution is 8.18. The normalized spacial score (nSPS) is 16.3. The van der Waals surface area contributed by atoms with Gasteiger partial charge < -0.3 is 4.42 Å². The summed E-state index contributed by atoms with van der Waals surface area (Å²) in [7, 11) is 0. The van der Waals surface area contributed by atoms with E-state index in [4.69, 9.17) is 4.42 Å². The predicted molar refractivity (Wildman–Crippen MR) is 92.5 cm³/mol. The van der Waals surface area contributed by atoms with Crippen molar-refractivity contribution in [3.05, 3.63) is 81.0 Å². The lowest BCUT2D eigenvalue weighted by molar-refractivity contribution is -0.402. The van der Waals surface area contributed by atoms with Crippen LogP contribution >= 0.6 is 11.8 Å². The van der Waals surface area contributed by atoms with Crippen molar-refractivity contribution in [1.29, 1.82) is 0 Å². The summed E-state index contributed by atoms with van der Waals surface area (Å²) in [6, 6.07) is 11.9. The maximum absolute atomic E-state index is 12.3. The van der Waals surface area contributed by atoms with Gasteiger partial charge in [-0.05, 0) is 35.5 Å². The highest BCUT2D eigenvalue weighted by atomic mass is 32.2. The second kappa shape index (κ2) is 7.18. The molecule has 7 nitrogen and oxygen atoms in total. The second-order valence-corrected chi connectivity index (χ2v) is 6.06. The molecule has 1 aliphatic heterocycles. The first kappa shape index (κ1) is 16.7. The van der Waals surface area contributed by atoms with Crippen LogP contribution in [0.4, 0.5) is 10.7 Å². The molecule has 0 unspecified atom stereocenters. The number of rotatable bonds is 5. The first-order valence-electron chi connectivity index (χ1n) is 7.25. The van der Waals surface area contributed by atoms with Crippen LogP contribution in [-0.2, 0) is 11.3 Å². The molecular formula is C17H12N2O5S. The minimum atomic E-state index is -0.633. The van der Waals surface area contributed by atoms with Crippen molar-refractivity contribution in [3.63, 3.8) is 0 Å². The Bertz CT molecular complexity index is 885. The Kier molecular flexibility index (Phi) is 4.80. The average molecular weight is 356 g/mol. The van der Waals surface area contributed by atoms with E-state index in [-0.39, 0.29) is 29.3 Å². The molecule has 0 N–H and O–H groups in total. The van der Waals surface area contributed by atoms with Crippen LogP contribution in [-0.4, -0.2) is 21.0 Å². The van der Waals surface area contributed by atoms with Gasteiger partial charge in [0.05, 0.1) is 17.5 Å². The number of benzene rings is 1. The number of allylic oxidation sites excluding steroid dienone is 2. The third-order valence-corrected chi connectivity index (χ3v) is 4.28. The molecule has 25 heavy (non-hydrogen) atoms. The van der Waals surface area contributed by atoms with Crippen molar-refractivity contribution in [2.24, 2.45) is 0 Å². The van der Waals surface area contributed by atoms with Gasteiger partial charge in [-0.2, -0.15) is 0 Å². The molecular weight excluding hydrogens is 344 g/mol. The van der Waals surface area contributed by atoms with Crippen molar-refractivity contribution >= 4 is 34.9 Å². The molecule has 2 aromatic rings. The van der Waals surface area contributed by atoms with Crippen LogP contribution in [0.2, 0.25) is 0 Å². The topological polar surface area (TPSA) is 93.7 Å². The van der Waals surface area contributed by atoms with Crippen molar-refractivity contribution in [3.8, 4) is 0 Å². The zero-order chi connectivity index (χ0) is 17.8. The molecule has 0 radical (unpaired) electrons. The van der Waals surface area contributed by atoms with Gasteiger partial charge in [-0.25, -0.2) is 0 Å². The van der Waals surface area contributed by atoms with E-state index in [1.54, 1.807) is 0 Å². The van der Waals surface area contributed by atoms with E-state index in [9.17, 15) is 19.7 Å². The molecule has 1 aromatic heterocycles. The van der Waals surface area contributed by atoms with Crippen LogP contribution in [0.25, 0.3) is 6.08 Å². The van der Waals surface area contributed by atoms with Crippen molar-refractivity contribution in [2.45, 2.75) is 6.54 Å². The van der Waals surface area contributed by atoms with E-state index in [1.165, 1.54) is 35.3 Å². The zero-order valence-electron chi connectivity index (χ0n) is 12.8. The van der Waals surface area contributed by atoms with Crippen LogP contribution in [0.5, 0.6) is 0 Å². The Morgan fingerprint density at radius 2 is 1.92 bits per heavy atom. The number of hydrogen-bond donors (Lipinski definition) is 0. The molecule has 1 fully saturated rings. The third kappa shape index (κ3) is 3.86. The van der Waals surface area contributed by atoms with E-state index >= 15 is 0 Å². The monoisotopic (exact) mass is 356 g/mol. The maximum Gasteiger partial charge on any atom is 0.433 e. The molecule has 8 heteroatoms. The summed E-state index contributed by atoms with van der Waals surface area (Å²) in [5.74, 6) is -0.441. The SMILES string of the molecule is O=C1S/C(=C\C=C\c2ccc([N+](=O)[O-])o2)C(=O)N1Cc1ccccc1. The first-order chi connectivity index (χ1) is 12.0. The van der Waals surface area contributed by atoms with Gasteiger partial charge in [0.15, 0.2) is 0 Å². The molecule has 126 valence electrons. The lowest BCUT2D eigenvalue weighted by Crippen LogP contribution is -2.27. The van der Waals surface area contributed by atoms with Crippen molar-refractivity contribution < 1.29 is 18.9 Å². The van der Waals surface area contributed by atoms with E-state index in [1.807, 2.05) is 30.3 Å². The summed E-state index contributed by atoms with van der Waals surface area (Å²) in [6.45, 7) is 0.219. The smallest absolute Gasteiger partial charge is 0.401 e. The van der Waals surface area contributed by atoms with Crippen molar-refractivity contribution in [2.75, 3.05) is 0 Å². The molecule has 1 saturated heterocycles. The van der Waals surface area contributed by atoms with Crippen molar-refractivity contribution in [1.82, 2.24) is 4.90 Å². The Labute approximate surface area is 146 Å². The van der Waals surface area contributed by atoms with Gasteiger partial charge >= 0.3 is 5.88 Å². The van der Waals surface area contributed by atoms with Gasteiger partial charge in [0.2, 0.25) is 0 Å². The maximum atomic E-state index is 12.3. The Balaban J connectivity index is 1.69. The van der Waals surface area contributed by atoms with Gasteiger partial charge in [0.25, 0.3) is 11.1 Å². The van der Waals surface area contributed by atoms with Crippen LogP contribution in [0.3, 0.4) is 0 Å². The second-order valence-electron chi connectivity index (χ2n) is 5.07. The lowest BCUT2D eigenvalue weighted by atomic mass is 10.2. The van der Waals surface area contributed by atoms with Gasteiger partial charge in [-0.15, -0.1) is 0 Å². The number of furan rings is 1. The van der Waals surface area contributed by atoms with Crippen LogP contribution in [0.1, 0.15) is 11.3 Å². The minimum absolute atomic E-state index is 0.219. The molecule has 2 heterocycles. The molecule has 0 saturated carbocycles. The summed E-state index contributed by atoms with van der Waals surface area (Å²) < 4.78 is 4.97. The number of hydrogen-bond acceptors (Lipinski definition) is 6. The third-order valence-electron chi connectivity index (χ3n) is 3.36. The van der Waals surface area contributed by atoms with Crippen LogP contribution < -0.4 is 0 Å². The molecule has 0 spiro atoms. The summed E-state index contributed by atoms with van der Waals surface area (Å²) in [5.41, 5.74) is 0.865. The fraction of sp³-hybridized carbons (Fsp3) is 0.0588. The summed E-state index contributed by atoms with van der Waals surface area (Å²) >= 11 is 0.855. The molecule has 3 rings (SSSR count). The van der Waals surface area contributed by atoms with Crippen LogP contribution in [0, 0.1) is 10.1 Å². The molecule has 0 atom stereocenters. The van der Waals surface area contributed by atoms with Gasteiger partial charge in [-0.1, -0.05) is 36.4 Å². The number of nitro groups is 1. The number of carbonyl (C=O) groups excluding carboxylic acids is 2. The fourth-order valence-corrected chi connectivity index (χ4v) is 2.97. The largest absolute Gasteiger partial charge is 0.433 e. The Hall–Kier alpha value is -3.13. The summed E-state index contributed by atoms with van der Waals surface area (Å²) in [6.07, 6.45) is 4.49. The van der Waals surface area contributed by atoms with Gasteiger partial charge in [0, 0.05) is 0 Å². The number of carbonyl (C=O) groups is 2. The molecule has 2 amide bonds. The predicted octanol–water partition coefficient (Wildman–Crippen LogP) is 3.98. The highest BCUT2D eigenvalue weighted by Crippen LogP contribution is 2.31. The molecule has 0 aliphatic carbocycles. The first-order valence-corrected chi connectivity index (χ1v) is 8.06. The van der Waals surface area contributed by atoms with Gasteiger partial charge in [-0.3, -0.25) is 24.6 Å². The minimum Gasteiger partial charge on any atom is -0.401 e. The van der Waals surface area contributed by atoms with E-state index in [0.29, 0.717) is 4.91 Å². The number of thioether (sulfide) groups is 1. The summed E-state index contributed by atoms with van der Waals surface area (Å²) in [5, 5.41) is 10.2. The van der Waals surface area contributed by atoms with E-state index < -0.39 is 4.92 Å². The average Bonchev–Trinajstić information content (AvgIpc) is 3.17. The molecule has 1 aromatic carbocycles. The number of amides is 2. The zero-order valence-corrected chi connectivity index (χ0v) is 13.6. The fourth-order valence-electron chi connectivity index (χ4n) is 2.18. The van der Waals surface area contributed by atoms with Crippen LogP contribution in [0.15, 0.2) is 63.9 Å². The van der Waals surface area contributed by atoms with E-state index in [2.05, 4.69) is 0 Å². The standard InChI is InChI=1S/C17H12N2O5S/c20-16-14(8-4-7-13-9-10-15(24-13)19(22)23)25-17(21)18(16)11-12-5-2-1-3-6-12/h1-10H,11H2/b7-4+,14-8-. The Morgan fingerprint density at radius 3 is 2.60 bits per heavy atom. The summed E-state index contributed by atoms with van der Waals surface area (Å²) in [4.78, 5) is 35.7. The highest BCUT2D eigenvalue weighted by Gasteiger charge is 2.34. The Morgan fingerprint density at radius 1 is 1.16 bits per heavy atom. The van der Waals surface area contributed by atoms with E-state index in [0.717, 1.165) is 17.3 Å². The number of imide groups is 1. The van der Waals surface area contributed by atoms with Gasteiger partial charge in [0.1, 0.15) is 10.7 Å². The quantitative estimate of drug-likeness (QED) is 0.457. The number of nitrogens with zero attached hydrogens (tertiary/aromatic N) is 2. The molecule has 0 bridgehead atoms. The lowest BCUT2D eigenvalue weighted by Gasteiger charge is -2.11. The molecule has 1 aliphatic rings.